The Hall–Kier alpha value is -4.56. The summed E-state index contributed by atoms with van der Waals surface area (Å²) in [6.07, 6.45) is -3.02. The fraction of sp³-hybridized carbons (Fsp3) is 0.0833. The van der Waals surface area contributed by atoms with Gasteiger partial charge in [-0.15, -0.1) is 5.10 Å². The van der Waals surface area contributed by atoms with Crippen LogP contribution in [0.25, 0.3) is 5.69 Å². The van der Waals surface area contributed by atoms with Gasteiger partial charge in [0, 0.05) is 17.4 Å². The van der Waals surface area contributed by atoms with E-state index in [1.165, 1.54) is 16.8 Å². The largest absolute Gasteiger partial charge is 0.487 e. The summed E-state index contributed by atoms with van der Waals surface area (Å²) in [5, 5.41) is 21.7. The summed E-state index contributed by atoms with van der Waals surface area (Å²) in [6, 6.07) is 17.8. The van der Waals surface area contributed by atoms with Crippen molar-refractivity contribution in [1.29, 1.82) is 5.26 Å². The molecule has 0 saturated heterocycles. The van der Waals surface area contributed by atoms with E-state index >= 15 is 0 Å². The van der Waals surface area contributed by atoms with Crippen LogP contribution in [0.4, 0.5) is 29.3 Å². The summed E-state index contributed by atoms with van der Waals surface area (Å²) in [5.41, 5.74) is 0.755. The molecule has 2 N–H and O–H groups in total. The number of nitriles is 1. The summed E-state index contributed by atoms with van der Waals surface area (Å²) in [6.45, 7) is 0.0648. The molecule has 1 aromatic heterocycles. The van der Waals surface area contributed by atoms with Crippen LogP contribution in [-0.2, 0) is 12.8 Å². The van der Waals surface area contributed by atoms with Gasteiger partial charge in [-0.25, -0.2) is 9.48 Å². The Morgan fingerprint density at radius 1 is 1.06 bits per heavy atom. The third kappa shape index (κ3) is 5.92. The fourth-order valence-corrected chi connectivity index (χ4v) is 3.41. The molecular formula is C24H16ClF3N6O2. The van der Waals surface area contributed by atoms with Gasteiger partial charge in [0.25, 0.3) is 0 Å². The number of halogens is 4. The quantitative estimate of drug-likeness (QED) is 0.328. The van der Waals surface area contributed by atoms with E-state index < -0.39 is 22.8 Å². The number of carbonyl (C=O) groups excluding carboxylic acids is 1. The molecule has 0 unspecified atom stereocenters. The van der Waals surface area contributed by atoms with Crippen molar-refractivity contribution in [1.82, 2.24) is 15.0 Å². The third-order valence-electron chi connectivity index (χ3n) is 4.82. The molecule has 36 heavy (non-hydrogen) atoms. The number of alkyl halides is 3. The zero-order chi connectivity index (χ0) is 25.7. The van der Waals surface area contributed by atoms with Gasteiger partial charge in [-0.2, -0.15) is 18.4 Å². The number of anilines is 2. The van der Waals surface area contributed by atoms with E-state index in [9.17, 15) is 23.2 Å². The maximum Gasteiger partial charge on any atom is 0.417 e. The van der Waals surface area contributed by atoms with Gasteiger partial charge in [-0.3, -0.25) is 0 Å². The second-order valence-corrected chi connectivity index (χ2v) is 7.78. The summed E-state index contributed by atoms with van der Waals surface area (Å²) >= 11 is 5.60. The van der Waals surface area contributed by atoms with Gasteiger partial charge in [0.05, 0.1) is 28.0 Å². The minimum absolute atomic E-state index is 0.0648. The molecule has 0 atom stereocenters. The number of para-hydroxylation sites is 1. The van der Waals surface area contributed by atoms with Crippen LogP contribution in [0, 0.1) is 11.3 Å². The Morgan fingerprint density at radius 2 is 1.81 bits per heavy atom. The highest BCUT2D eigenvalue weighted by atomic mass is 35.5. The van der Waals surface area contributed by atoms with Crippen LogP contribution in [0.2, 0.25) is 5.02 Å². The van der Waals surface area contributed by atoms with Crippen molar-refractivity contribution in [3.8, 4) is 17.5 Å². The van der Waals surface area contributed by atoms with E-state index in [4.69, 9.17) is 16.3 Å². The fourth-order valence-electron chi connectivity index (χ4n) is 3.18. The van der Waals surface area contributed by atoms with Crippen LogP contribution in [-0.4, -0.2) is 21.0 Å². The maximum absolute atomic E-state index is 13.0. The van der Waals surface area contributed by atoms with Crippen molar-refractivity contribution in [3.05, 3.63) is 94.8 Å². The first-order valence-corrected chi connectivity index (χ1v) is 10.7. The van der Waals surface area contributed by atoms with Crippen LogP contribution < -0.4 is 15.4 Å². The van der Waals surface area contributed by atoms with Crippen LogP contribution in [0.5, 0.6) is 5.75 Å². The predicted octanol–water partition coefficient (Wildman–Crippen LogP) is 6.03. The molecule has 0 radical (unpaired) electrons. The molecule has 4 aromatic rings. The molecule has 0 spiro atoms. The summed E-state index contributed by atoms with van der Waals surface area (Å²) < 4.78 is 46.3. The lowest BCUT2D eigenvalue weighted by Crippen LogP contribution is -2.20. The maximum atomic E-state index is 13.0. The molecule has 2 amide bonds. The number of nitrogens with zero attached hydrogens (tertiary/aromatic N) is 4. The van der Waals surface area contributed by atoms with Gasteiger partial charge in [0.15, 0.2) is 0 Å². The number of amides is 2. The van der Waals surface area contributed by atoms with Crippen molar-refractivity contribution < 1.29 is 22.7 Å². The van der Waals surface area contributed by atoms with Crippen molar-refractivity contribution in [2.45, 2.75) is 12.8 Å². The first kappa shape index (κ1) is 24.6. The lowest BCUT2D eigenvalue weighted by molar-refractivity contribution is -0.137. The number of hydrogen-bond acceptors (Lipinski definition) is 5. The van der Waals surface area contributed by atoms with E-state index in [0.717, 1.165) is 12.1 Å². The SMILES string of the molecule is N#Cc1ccccc1-n1cc(COc2cccc(NC(=O)Nc3ccc(Cl)c(C(F)(F)F)c3)c2)nn1. The van der Waals surface area contributed by atoms with Crippen molar-refractivity contribution >= 4 is 29.0 Å². The second kappa shape index (κ2) is 10.4. The summed E-state index contributed by atoms with van der Waals surface area (Å²) in [5.74, 6) is 0.408. The van der Waals surface area contributed by atoms with Crippen molar-refractivity contribution in [3.63, 3.8) is 0 Å². The first-order chi connectivity index (χ1) is 17.2. The van der Waals surface area contributed by atoms with E-state index in [1.54, 1.807) is 48.7 Å². The number of rotatable bonds is 6. The molecule has 8 nitrogen and oxygen atoms in total. The molecule has 182 valence electrons. The third-order valence-corrected chi connectivity index (χ3v) is 5.15. The molecule has 0 fully saturated rings. The minimum Gasteiger partial charge on any atom is -0.487 e. The standard InChI is InChI=1S/C24H16ClF3N6O2/c25-21-9-8-17(11-20(21)24(26,27)28)31-23(35)30-16-5-3-6-19(10-16)36-14-18-13-34(33-32-18)22-7-2-1-4-15(22)12-29/h1-11,13H,14H2,(H2,30,31,35). The summed E-state index contributed by atoms with van der Waals surface area (Å²) in [7, 11) is 0. The molecule has 0 aliphatic heterocycles. The number of hydrogen-bond donors (Lipinski definition) is 2. The number of aromatic nitrogens is 3. The normalized spacial score (nSPS) is 11.0. The van der Waals surface area contributed by atoms with Crippen molar-refractivity contribution in [2.24, 2.45) is 0 Å². The molecule has 4 rings (SSSR count). The topological polar surface area (TPSA) is 105 Å². The molecule has 3 aromatic carbocycles. The first-order valence-electron chi connectivity index (χ1n) is 10.3. The molecule has 12 heteroatoms. The zero-order valence-corrected chi connectivity index (χ0v) is 19.0. The Morgan fingerprint density at radius 3 is 2.56 bits per heavy atom. The Bertz CT molecular complexity index is 1450. The molecule has 0 saturated carbocycles. The van der Waals surface area contributed by atoms with Crippen molar-refractivity contribution in [2.75, 3.05) is 10.6 Å². The van der Waals surface area contributed by atoms with E-state index in [2.05, 4.69) is 27.0 Å². The number of nitrogens with one attached hydrogen (secondary N) is 2. The van der Waals surface area contributed by atoms with Crippen LogP contribution >= 0.6 is 11.6 Å². The second-order valence-electron chi connectivity index (χ2n) is 7.37. The Kier molecular flexibility index (Phi) is 7.07. The van der Waals surface area contributed by atoms with Crippen LogP contribution in [0.15, 0.2) is 72.9 Å². The number of benzene rings is 3. The Balaban J connectivity index is 1.37. The highest BCUT2D eigenvalue weighted by Gasteiger charge is 2.33. The van der Waals surface area contributed by atoms with Crippen LogP contribution in [0.3, 0.4) is 0 Å². The lowest BCUT2D eigenvalue weighted by atomic mass is 10.2. The van der Waals surface area contributed by atoms with Gasteiger partial charge in [-0.05, 0) is 42.5 Å². The van der Waals surface area contributed by atoms with Gasteiger partial charge in [0.1, 0.15) is 24.1 Å². The van der Waals surface area contributed by atoms with Gasteiger partial charge in [0.2, 0.25) is 0 Å². The minimum atomic E-state index is -4.65. The van der Waals surface area contributed by atoms with Gasteiger partial charge >= 0.3 is 12.2 Å². The van der Waals surface area contributed by atoms with Gasteiger partial charge in [-0.1, -0.05) is 35.0 Å². The zero-order valence-electron chi connectivity index (χ0n) is 18.3. The molecule has 1 heterocycles. The number of urea groups is 1. The lowest BCUT2D eigenvalue weighted by Gasteiger charge is -2.13. The van der Waals surface area contributed by atoms with Crippen LogP contribution in [0.1, 0.15) is 16.8 Å². The highest BCUT2D eigenvalue weighted by molar-refractivity contribution is 6.31. The monoisotopic (exact) mass is 512 g/mol. The van der Waals surface area contributed by atoms with Gasteiger partial charge < -0.3 is 15.4 Å². The predicted molar refractivity (Wildman–Crippen MR) is 126 cm³/mol. The highest BCUT2D eigenvalue weighted by Crippen LogP contribution is 2.36. The number of carbonyl (C=O) groups is 1. The molecule has 0 bridgehead atoms. The molecule has 0 aliphatic rings. The summed E-state index contributed by atoms with van der Waals surface area (Å²) in [4.78, 5) is 12.3. The van der Waals surface area contributed by atoms with E-state index in [-0.39, 0.29) is 12.3 Å². The molecule has 0 aliphatic carbocycles. The smallest absolute Gasteiger partial charge is 0.417 e. The van der Waals surface area contributed by atoms with E-state index in [1.807, 2.05) is 0 Å². The average Bonchev–Trinajstić information content (AvgIpc) is 3.32. The number of ether oxygens (including phenoxy) is 1. The molecular weight excluding hydrogens is 497 g/mol. The Labute approximate surface area is 207 Å². The van der Waals surface area contributed by atoms with E-state index in [0.29, 0.717) is 28.4 Å². The average molecular weight is 513 g/mol.